The maximum absolute atomic E-state index is 5.84. The maximum atomic E-state index is 5.84. The van der Waals surface area contributed by atoms with Gasteiger partial charge in [0.1, 0.15) is 10.7 Å². The zero-order valence-electron chi connectivity index (χ0n) is 10.8. The highest BCUT2D eigenvalue weighted by molar-refractivity contribution is 6.29. The van der Waals surface area contributed by atoms with Gasteiger partial charge in [0.15, 0.2) is 11.5 Å². The van der Waals surface area contributed by atoms with E-state index in [1.165, 1.54) is 0 Å². The summed E-state index contributed by atoms with van der Waals surface area (Å²) in [5.74, 6) is 1.01. The van der Waals surface area contributed by atoms with Gasteiger partial charge in [0.05, 0.1) is 6.20 Å². The van der Waals surface area contributed by atoms with E-state index in [1.54, 1.807) is 18.3 Å². The van der Waals surface area contributed by atoms with E-state index in [2.05, 4.69) is 25.5 Å². The Hall–Kier alpha value is -1.79. The van der Waals surface area contributed by atoms with Gasteiger partial charge in [-0.15, -0.1) is 0 Å². The van der Waals surface area contributed by atoms with Crippen LogP contribution in [0.2, 0.25) is 5.15 Å². The minimum absolute atomic E-state index is 0.398. The molecule has 1 N–H and O–H groups in total. The van der Waals surface area contributed by atoms with Gasteiger partial charge in [-0.1, -0.05) is 11.6 Å². The molecule has 20 heavy (non-hydrogen) atoms. The Morgan fingerprint density at radius 1 is 1.30 bits per heavy atom. The van der Waals surface area contributed by atoms with Crippen LogP contribution in [0, 0.1) is 5.92 Å². The Morgan fingerprint density at radius 3 is 3.00 bits per heavy atom. The van der Waals surface area contributed by atoms with Crippen LogP contribution in [0.1, 0.15) is 12.8 Å². The lowest BCUT2D eigenvalue weighted by Crippen LogP contribution is -2.17. The normalized spacial score (nSPS) is 16.9. The number of nitrogens with one attached hydrogen (secondary N) is 1. The first-order chi connectivity index (χ1) is 9.81. The maximum Gasteiger partial charge on any atom is 0.181 e. The second-order valence-corrected chi connectivity index (χ2v) is 4.96. The highest BCUT2D eigenvalue weighted by Gasteiger charge is 2.10. The molecule has 0 aliphatic carbocycles. The third-order valence-electron chi connectivity index (χ3n) is 3.10. The molecule has 7 heteroatoms. The number of ether oxygens (including phenoxy) is 1. The average Bonchev–Trinajstić information content (AvgIpc) is 2.48. The Morgan fingerprint density at radius 2 is 2.15 bits per heavy atom. The van der Waals surface area contributed by atoms with E-state index < -0.39 is 0 Å². The van der Waals surface area contributed by atoms with Crippen LogP contribution < -0.4 is 5.43 Å². The van der Waals surface area contributed by atoms with Crippen LogP contribution in [0.4, 0.5) is 5.82 Å². The summed E-state index contributed by atoms with van der Waals surface area (Å²) in [5, 5.41) is 4.60. The van der Waals surface area contributed by atoms with E-state index in [0.29, 0.717) is 28.1 Å². The van der Waals surface area contributed by atoms with Gasteiger partial charge in [-0.2, -0.15) is 5.10 Å². The van der Waals surface area contributed by atoms with Crippen LogP contribution in [0.5, 0.6) is 0 Å². The molecule has 0 spiro atoms. The summed E-state index contributed by atoms with van der Waals surface area (Å²) in [6.45, 7) is 1.60. The van der Waals surface area contributed by atoms with E-state index >= 15 is 0 Å². The van der Waals surface area contributed by atoms with Crippen LogP contribution in [0.25, 0.3) is 11.2 Å². The van der Waals surface area contributed by atoms with Crippen molar-refractivity contribution in [1.82, 2.24) is 15.0 Å². The van der Waals surface area contributed by atoms with Gasteiger partial charge in [0.2, 0.25) is 0 Å². The number of hydrogen-bond donors (Lipinski definition) is 1. The van der Waals surface area contributed by atoms with Gasteiger partial charge in [0, 0.05) is 25.3 Å². The predicted molar refractivity (Wildman–Crippen MR) is 78.0 cm³/mol. The summed E-state index contributed by atoms with van der Waals surface area (Å²) in [6.07, 6.45) is 5.54. The van der Waals surface area contributed by atoms with Crippen LogP contribution in [0.3, 0.4) is 0 Å². The summed E-state index contributed by atoms with van der Waals surface area (Å²) >= 11 is 5.84. The van der Waals surface area contributed by atoms with Crippen molar-refractivity contribution >= 4 is 34.8 Å². The number of hydrazone groups is 1. The highest BCUT2D eigenvalue weighted by atomic mass is 35.5. The van der Waals surface area contributed by atoms with Crippen LogP contribution in [-0.4, -0.2) is 34.4 Å². The Bertz CT molecular complexity index is 627. The second-order valence-electron chi connectivity index (χ2n) is 4.57. The quantitative estimate of drug-likeness (QED) is 0.534. The first-order valence-electron chi connectivity index (χ1n) is 6.47. The molecule has 1 fully saturated rings. The molecular weight excluding hydrogens is 278 g/mol. The number of aromatic nitrogens is 3. The van der Waals surface area contributed by atoms with E-state index in [4.69, 9.17) is 16.3 Å². The molecule has 0 atom stereocenters. The molecule has 2 aromatic heterocycles. The van der Waals surface area contributed by atoms with Crippen LogP contribution >= 0.6 is 11.6 Å². The van der Waals surface area contributed by atoms with E-state index in [1.807, 2.05) is 6.21 Å². The van der Waals surface area contributed by atoms with Gasteiger partial charge in [-0.05, 0) is 25.0 Å². The van der Waals surface area contributed by atoms with Crippen LogP contribution in [0.15, 0.2) is 23.4 Å². The molecule has 3 heterocycles. The second kappa shape index (κ2) is 6.11. The molecule has 1 aliphatic heterocycles. The molecule has 0 bridgehead atoms. The number of pyridine rings is 1. The number of hydrogen-bond acceptors (Lipinski definition) is 6. The van der Waals surface area contributed by atoms with Gasteiger partial charge in [-0.3, -0.25) is 5.43 Å². The fourth-order valence-corrected chi connectivity index (χ4v) is 2.15. The molecule has 0 saturated carbocycles. The standard InChI is InChI=1S/C13H14ClN5O/c14-11-2-1-10-13(17-11)18-12(8-15-10)19-16-7-9-3-5-20-6-4-9/h1-2,7-9H,3-6H2,(H,17,18,19). The number of anilines is 1. The number of fused-ring (bicyclic) bond motifs is 1. The Balaban J connectivity index is 1.69. The summed E-state index contributed by atoms with van der Waals surface area (Å²) in [7, 11) is 0. The number of halogens is 1. The van der Waals surface area contributed by atoms with Crippen molar-refractivity contribution in [2.24, 2.45) is 11.0 Å². The molecule has 104 valence electrons. The molecule has 1 saturated heterocycles. The predicted octanol–water partition coefficient (Wildman–Crippen LogP) is 2.50. The zero-order chi connectivity index (χ0) is 13.8. The third-order valence-corrected chi connectivity index (χ3v) is 3.31. The molecule has 0 unspecified atom stereocenters. The molecular formula is C13H14ClN5O. The Labute approximate surface area is 121 Å². The minimum atomic E-state index is 0.398. The summed E-state index contributed by atoms with van der Waals surface area (Å²) < 4.78 is 5.30. The molecule has 6 nitrogen and oxygen atoms in total. The van der Waals surface area contributed by atoms with Crippen molar-refractivity contribution in [3.63, 3.8) is 0 Å². The minimum Gasteiger partial charge on any atom is -0.381 e. The van der Waals surface area contributed by atoms with Gasteiger partial charge in [0.25, 0.3) is 0 Å². The van der Waals surface area contributed by atoms with Crippen molar-refractivity contribution < 1.29 is 4.74 Å². The third kappa shape index (κ3) is 3.20. The number of nitrogens with zero attached hydrogens (tertiary/aromatic N) is 4. The zero-order valence-corrected chi connectivity index (χ0v) is 11.5. The lowest BCUT2D eigenvalue weighted by molar-refractivity contribution is 0.0838. The molecule has 1 aliphatic rings. The Kier molecular flexibility index (Phi) is 4.03. The van der Waals surface area contributed by atoms with Crippen molar-refractivity contribution in [2.75, 3.05) is 18.6 Å². The SMILES string of the molecule is Clc1ccc2ncc(NN=CC3CCOCC3)nc2n1. The van der Waals surface area contributed by atoms with Crippen molar-refractivity contribution in [2.45, 2.75) is 12.8 Å². The van der Waals surface area contributed by atoms with Gasteiger partial charge >= 0.3 is 0 Å². The van der Waals surface area contributed by atoms with Gasteiger partial charge < -0.3 is 4.74 Å². The van der Waals surface area contributed by atoms with Crippen molar-refractivity contribution in [3.8, 4) is 0 Å². The fourth-order valence-electron chi connectivity index (χ4n) is 2.00. The first kappa shape index (κ1) is 13.2. The summed E-state index contributed by atoms with van der Waals surface area (Å²) in [6, 6.07) is 3.47. The van der Waals surface area contributed by atoms with Gasteiger partial charge in [-0.25, -0.2) is 15.0 Å². The molecule has 0 aromatic carbocycles. The van der Waals surface area contributed by atoms with E-state index in [9.17, 15) is 0 Å². The molecule has 3 rings (SSSR count). The topological polar surface area (TPSA) is 72.3 Å². The average molecular weight is 292 g/mol. The number of rotatable bonds is 3. The first-order valence-corrected chi connectivity index (χ1v) is 6.85. The smallest absolute Gasteiger partial charge is 0.181 e. The highest BCUT2D eigenvalue weighted by Crippen LogP contribution is 2.14. The fraction of sp³-hybridized carbons (Fsp3) is 0.385. The molecule has 0 amide bonds. The van der Waals surface area contributed by atoms with Crippen LogP contribution in [-0.2, 0) is 4.74 Å². The lowest BCUT2D eigenvalue weighted by atomic mass is 10.0. The lowest BCUT2D eigenvalue weighted by Gasteiger charge is -2.17. The summed E-state index contributed by atoms with van der Waals surface area (Å²) in [5.41, 5.74) is 4.08. The van der Waals surface area contributed by atoms with E-state index in [0.717, 1.165) is 26.1 Å². The monoisotopic (exact) mass is 291 g/mol. The molecule has 0 radical (unpaired) electrons. The van der Waals surface area contributed by atoms with E-state index in [-0.39, 0.29) is 0 Å². The summed E-state index contributed by atoms with van der Waals surface area (Å²) in [4.78, 5) is 12.7. The van der Waals surface area contributed by atoms with Crippen molar-refractivity contribution in [1.29, 1.82) is 0 Å². The largest absolute Gasteiger partial charge is 0.381 e. The molecule has 2 aromatic rings. The van der Waals surface area contributed by atoms with Crippen molar-refractivity contribution in [3.05, 3.63) is 23.5 Å².